The van der Waals surface area contributed by atoms with Gasteiger partial charge in [-0.15, -0.1) is 0 Å². The molecule has 0 heterocycles. The molecule has 0 spiro atoms. The molecule has 8 nitrogen and oxygen atoms in total. The summed E-state index contributed by atoms with van der Waals surface area (Å²) in [5.41, 5.74) is 0.755. The minimum Gasteiger partial charge on any atom is -0.495 e. The molecule has 2 aromatic carbocycles. The molecule has 0 saturated heterocycles. The van der Waals surface area contributed by atoms with Crippen molar-refractivity contribution < 1.29 is 22.7 Å². The standard InChI is InChI=1S/C22H28ClN3O5S/c1-4-26(5-2)32(29,30)18-12-13-20(31-3)19(15-18)25-21(27)7-6-14-24-22(28)16-8-10-17(23)11-9-16/h8-13,15H,4-7,14H2,1-3H3,(H,24,28)(H,25,27). The van der Waals surface area contributed by atoms with Gasteiger partial charge in [-0.3, -0.25) is 9.59 Å². The second-order valence-electron chi connectivity index (χ2n) is 6.87. The summed E-state index contributed by atoms with van der Waals surface area (Å²) >= 11 is 5.81. The van der Waals surface area contributed by atoms with E-state index in [2.05, 4.69) is 10.6 Å². The van der Waals surface area contributed by atoms with Crippen molar-refractivity contribution in [3.63, 3.8) is 0 Å². The van der Waals surface area contributed by atoms with Gasteiger partial charge < -0.3 is 15.4 Å². The van der Waals surface area contributed by atoms with Crippen molar-refractivity contribution in [3.8, 4) is 5.75 Å². The fraction of sp³-hybridized carbons (Fsp3) is 0.364. The number of rotatable bonds is 11. The zero-order chi connectivity index (χ0) is 23.7. The summed E-state index contributed by atoms with van der Waals surface area (Å²) in [7, 11) is -2.23. The van der Waals surface area contributed by atoms with Gasteiger partial charge in [0, 0.05) is 36.6 Å². The first kappa shape index (κ1) is 25.6. The Bertz CT molecular complexity index is 1040. The lowest BCUT2D eigenvalue weighted by Crippen LogP contribution is -2.30. The van der Waals surface area contributed by atoms with Crippen molar-refractivity contribution in [3.05, 3.63) is 53.1 Å². The lowest BCUT2D eigenvalue weighted by Gasteiger charge is -2.19. The number of carbonyl (C=O) groups excluding carboxylic acids is 2. The Morgan fingerprint density at radius 3 is 2.31 bits per heavy atom. The number of nitrogens with zero attached hydrogens (tertiary/aromatic N) is 1. The zero-order valence-electron chi connectivity index (χ0n) is 18.4. The number of amides is 2. The topological polar surface area (TPSA) is 105 Å². The Labute approximate surface area is 193 Å². The van der Waals surface area contributed by atoms with Crippen molar-refractivity contribution in [2.24, 2.45) is 0 Å². The Morgan fingerprint density at radius 2 is 1.72 bits per heavy atom. The number of benzene rings is 2. The Morgan fingerprint density at radius 1 is 1.06 bits per heavy atom. The number of hydrogen-bond donors (Lipinski definition) is 2. The SMILES string of the molecule is CCN(CC)S(=O)(=O)c1ccc(OC)c(NC(=O)CCCNC(=O)c2ccc(Cl)cc2)c1. The number of halogens is 1. The maximum atomic E-state index is 12.8. The zero-order valence-corrected chi connectivity index (χ0v) is 19.9. The highest BCUT2D eigenvalue weighted by Gasteiger charge is 2.23. The quantitative estimate of drug-likeness (QED) is 0.478. The molecule has 2 N–H and O–H groups in total. The predicted molar refractivity (Wildman–Crippen MR) is 125 cm³/mol. The number of ether oxygens (including phenoxy) is 1. The molecule has 2 aromatic rings. The van der Waals surface area contributed by atoms with E-state index in [9.17, 15) is 18.0 Å². The number of methoxy groups -OCH3 is 1. The average Bonchev–Trinajstić information content (AvgIpc) is 2.77. The van der Waals surface area contributed by atoms with E-state index < -0.39 is 10.0 Å². The molecule has 0 radical (unpaired) electrons. The molecule has 174 valence electrons. The molecule has 0 aromatic heterocycles. The van der Waals surface area contributed by atoms with Gasteiger partial charge in [-0.2, -0.15) is 4.31 Å². The van der Waals surface area contributed by atoms with E-state index in [-0.39, 0.29) is 28.8 Å². The molecule has 0 aliphatic carbocycles. The fourth-order valence-electron chi connectivity index (χ4n) is 3.02. The van der Waals surface area contributed by atoms with E-state index in [1.807, 2.05) is 0 Å². The Balaban J connectivity index is 1.97. The molecule has 0 aliphatic rings. The van der Waals surface area contributed by atoms with Gasteiger partial charge in [-0.1, -0.05) is 25.4 Å². The van der Waals surface area contributed by atoms with Gasteiger partial charge >= 0.3 is 0 Å². The van der Waals surface area contributed by atoms with Gasteiger partial charge in [-0.05, 0) is 48.9 Å². The van der Waals surface area contributed by atoms with E-state index >= 15 is 0 Å². The number of carbonyl (C=O) groups is 2. The first-order valence-electron chi connectivity index (χ1n) is 10.2. The van der Waals surface area contributed by atoms with Crippen molar-refractivity contribution in [1.82, 2.24) is 9.62 Å². The lowest BCUT2D eigenvalue weighted by molar-refractivity contribution is -0.116. The normalized spacial score (nSPS) is 11.3. The van der Waals surface area contributed by atoms with Gasteiger partial charge in [0.05, 0.1) is 17.7 Å². The third kappa shape index (κ3) is 6.69. The summed E-state index contributed by atoms with van der Waals surface area (Å²) in [5.74, 6) is -0.215. The minimum absolute atomic E-state index is 0.0764. The number of sulfonamides is 1. The van der Waals surface area contributed by atoms with Crippen molar-refractivity contribution >= 4 is 39.1 Å². The van der Waals surface area contributed by atoms with Crippen LogP contribution in [0.3, 0.4) is 0 Å². The van der Waals surface area contributed by atoms with Gasteiger partial charge in [0.1, 0.15) is 5.75 Å². The Hall–Kier alpha value is -2.62. The van der Waals surface area contributed by atoms with Crippen molar-refractivity contribution in [2.45, 2.75) is 31.6 Å². The number of nitrogens with one attached hydrogen (secondary N) is 2. The fourth-order valence-corrected chi connectivity index (χ4v) is 4.64. The summed E-state index contributed by atoms with van der Waals surface area (Å²) < 4.78 is 32.1. The molecular weight excluding hydrogens is 454 g/mol. The van der Waals surface area contributed by atoms with Crippen LogP contribution >= 0.6 is 11.6 Å². The maximum absolute atomic E-state index is 12.8. The summed E-state index contributed by atoms with van der Waals surface area (Å²) in [6.45, 7) is 4.52. The van der Waals surface area contributed by atoms with Crippen LogP contribution in [0.1, 0.15) is 37.0 Å². The molecule has 32 heavy (non-hydrogen) atoms. The molecule has 0 atom stereocenters. The highest BCUT2D eigenvalue weighted by Crippen LogP contribution is 2.29. The number of anilines is 1. The lowest BCUT2D eigenvalue weighted by atomic mass is 10.2. The van der Waals surface area contributed by atoms with Gasteiger partial charge in [0.15, 0.2) is 0 Å². The largest absolute Gasteiger partial charge is 0.495 e. The van der Waals surface area contributed by atoms with Crippen LogP contribution in [0.15, 0.2) is 47.4 Å². The third-order valence-corrected chi connectivity index (χ3v) is 7.06. The summed E-state index contributed by atoms with van der Waals surface area (Å²) in [6.07, 6.45) is 0.544. The van der Waals surface area contributed by atoms with Crippen LogP contribution in [0.4, 0.5) is 5.69 Å². The van der Waals surface area contributed by atoms with Crippen molar-refractivity contribution in [1.29, 1.82) is 0 Å². The molecule has 0 bridgehead atoms. The van der Waals surface area contributed by atoms with Crippen LogP contribution in [-0.4, -0.2) is 51.3 Å². The highest BCUT2D eigenvalue weighted by molar-refractivity contribution is 7.89. The summed E-state index contributed by atoms with van der Waals surface area (Å²) in [4.78, 5) is 24.5. The van der Waals surface area contributed by atoms with E-state index in [0.29, 0.717) is 42.4 Å². The second kappa shape index (κ2) is 11.8. The van der Waals surface area contributed by atoms with Gasteiger partial charge in [-0.25, -0.2) is 8.42 Å². The van der Waals surface area contributed by atoms with Crippen LogP contribution in [0.25, 0.3) is 0 Å². The maximum Gasteiger partial charge on any atom is 0.251 e. The predicted octanol–water partition coefficient (Wildman–Crippen LogP) is 3.53. The third-order valence-electron chi connectivity index (χ3n) is 4.76. The number of hydrogen-bond acceptors (Lipinski definition) is 5. The van der Waals surface area contributed by atoms with Gasteiger partial charge in [0.2, 0.25) is 15.9 Å². The molecule has 0 unspecified atom stereocenters. The molecule has 10 heteroatoms. The molecular formula is C22H28ClN3O5S. The Kier molecular flexibility index (Phi) is 9.49. The first-order chi connectivity index (χ1) is 15.2. The van der Waals surface area contributed by atoms with E-state index in [1.54, 1.807) is 38.1 Å². The smallest absolute Gasteiger partial charge is 0.251 e. The first-order valence-corrected chi connectivity index (χ1v) is 12.1. The van der Waals surface area contributed by atoms with Crippen LogP contribution in [0.5, 0.6) is 5.75 Å². The average molecular weight is 482 g/mol. The van der Waals surface area contributed by atoms with Crippen LogP contribution in [-0.2, 0) is 14.8 Å². The van der Waals surface area contributed by atoms with Gasteiger partial charge in [0.25, 0.3) is 5.91 Å². The monoisotopic (exact) mass is 481 g/mol. The summed E-state index contributed by atoms with van der Waals surface area (Å²) in [5, 5.41) is 5.99. The molecule has 0 saturated carbocycles. The van der Waals surface area contributed by atoms with Crippen LogP contribution in [0, 0.1) is 0 Å². The highest BCUT2D eigenvalue weighted by atomic mass is 35.5. The molecule has 0 aliphatic heterocycles. The second-order valence-corrected chi connectivity index (χ2v) is 9.24. The molecule has 2 rings (SSSR count). The summed E-state index contributed by atoms with van der Waals surface area (Å²) in [6, 6.07) is 10.9. The van der Waals surface area contributed by atoms with Crippen LogP contribution < -0.4 is 15.4 Å². The van der Waals surface area contributed by atoms with E-state index in [4.69, 9.17) is 16.3 Å². The van der Waals surface area contributed by atoms with Crippen molar-refractivity contribution in [2.75, 3.05) is 32.1 Å². The van der Waals surface area contributed by atoms with Crippen LogP contribution in [0.2, 0.25) is 5.02 Å². The molecule has 2 amide bonds. The molecule has 0 fully saturated rings. The minimum atomic E-state index is -3.67. The van der Waals surface area contributed by atoms with E-state index in [1.165, 1.54) is 29.6 Å². The van der Waals surface area contributed by atoms with E-state index in [0.717, 1.165) is 0 Å².